The lowest BCUT2D eigenvalue weighted by atomic mass is 9.75. The SMILES string of the molecule is c1nc(NC2=NC[C@@]3(CN4CCC3CC4)O2)c2ccsc2n1. The monoisotopic (exact) mass is 315 g/mol. The highest BCUT2D eigenvalue weighted by molar-refractivity contribution is 7.16. The molecule has 1 N–H and O–H groups in total. The topological polar surface area (TPSA) is 62.6 Å². The van der Waals surface area contributed by atoms with E-state index in [0.717, 1.165) is 29.1 Å². The predicted octanol–water partition coefficient (Wildman–Crippen LogP) is 1.95. The second-order valence-corrected chi connectivity index (χ2v) is 7.22. The van der Waals surface area contributed by atoms with Crippen LogP contribution in [0.25, 0.3) is 10.2 Å². The molecule has 0 amide bonds. The number of rotatable bonds is 1. The molecule has 2 aromatic rings. The summed E-state index contributed by atoms with van der Waals surface area (Å²) in [5.74, 6) is 1.41. The van der Waals surface area contributed by atoms with Crippen molar-refractivity contribution in [1.29, 1.82) is 0 Å². The first kappa shape index (κ1) is 12.8. The van der Waals surface area contributed by atoms with E-state index < -0.39 is 0 Å². The summed E-state index contributed by atoms with van der Waals surface area (Å²) in [6.45, 7) is 4.18. The van der Waals surface area contributed by atoms with E-state index >= 15 is 0 Å². The van der Waals surface area contributed by atoms with E-state index in [2.05, 4.69) is 25.2 Å². The summed E-state index contributed by atoms with van der Waals surface area (Å²) < 4.78 is 6.29. The number of nitrogens with one attached hydrogen (secondary N) is 1. The Kier molecular flexibility index (Phi) is 2.69. The van der Waals surface area contributed by atoms with Crippen LogP contribution < -0.4 is 5.32 Å². The summed E-state index contributed by atoms with van der Waals surface area (Å²) in [5.41, 5.74) is -0.111. The number of aliphatic imine (C=N–C) groups is 1. The number of fused-ring (bicyclic) bond motifs is 3. The number of hydrogen-bond donors (Lipinski definition) is 1. The Morgan fingerprint density at radius 2 is 2.23 bits per heavy atom. The molecule has 22 heavy (non-hydrogen) atoms. The van der Waals surface area contributed by atoms with E-state index in [0.29, 0.717) is 11.9 Å². The molecule has 1 atom stereocenters. The number of anilines is 1. The molecule has 0 saturated carbocycles. The minimum atomic E-state index is -0.111. The number of nitrogens with zero attached hydrogens (tertiary/aromatic N) is 4. The smallest absolute Gasteiger partial charge is 0.291 e. The number of thiophene rings is 1. The van der Waals surface area contributed by atoms with E-state index in [4.69, 9.17) is 4.74 Å². The Labute approximate surface area is 132 Å². The Morgan fingerprint density at radius 1 is 1.32 bits per heavy atom. The molecule has 114 valence electrons. The van der Waals surface area contributed by atoms with E-state index in [1.165, 1.54) is 25.9 Å². The lowest BCUT2D eigenvalue weighted by Crippen LogP contribution is -2.61. The summed E-state index contributed by atoms with van der Waals surface area (Å²) in [6, 6.07) is 2.64. The molecule has 7 heteroatoms. The van der Waals surface area contributed by atoms with Gasteiger partial charge in [0.2, 0.25) is 0 Å². The first-order chi connectivity index (χ1) is 10.8. The summed E-state index contributed by atoms with van der Waals surface area (Å²) in [4.78, 5) is 16.7. The number of piperidine rings is 3. The number of aromatic nitrogens is 2. The molecule has 0 unspecified atom stereocenters. The van der Waals surface area contributed by atoms with Crippen LogP contribution in [0.2, 0.25) is 0 Å². The largest absolute Gasteiger partial charge is 0.455 e. The quantitative estimate of drug-likeness (QED) is 0.871. The summed E-state index contributed by atoms with van der Waals surface area (Å²) in [6.07, 6.45) is 4.04. The van der Waals surface area contributed by atoms with Gasteiger partial charge in [-0.15, -0.1) is 11.3 Å². The van der Waals surface area contributed by atoms with E-state index in [9.17, 15) is 0 Å². The van der Waals surface area contributed by atoms with E-state index in [1.807, 2.05) is 11.4 Å². The molecular weight excluding hydrogens is 298 g/mol. The molecule has 6 nitrogen and oxygen atoms in total. The zero-order chi connectivity index (χ0) is 14.6. The van der Waals surface area contributed by atoms with Crippen molar-refractivity contribution in [3.8, 4) is 0 Å². The van der Waals surface area contributed by atoms with Crippen molar-refractivity contribution < 1.29 is 4.74 Å². The van der Waals surface area contributed by atoms with Crippen molar-refractivity contribution >= 4 is 33.4 Å². The minimum absolute atomic E-state index is 0.111. The van der Waals surface area contributed by atoms with E-state index in [1.54, 1.807) is 17.7 Å². The standard InChI is InChI=1S/C15H17N5OS/c1-4-20-5-2-10(1)15(8-20)7-16-14(21-15)19-12-11-3-6-22-13(11)18-9-17-12/h3,6,9-10H,1-2,4-5,7-8H2,(H,16,17,18,19)/t15-/m0/s1. The third-order valence-electron chi connectivity index (χ3n) is 5.10. The van der Waals surface area contributed by atoms with Gasteiger partial charge in [-0.1, -0.05) is 0 Å². The fourth-order valence-electron chi connectivity index (χ4n) is 3.94. The van der Waals surface area contributed by atoms with Gasteiger partial charge < -0.3 is 4.74 Å². The maximum absolute atomic E-state index is 6.29. The van der Waals surface area contributed by atoms with Crippen molar-refractivity contribution in [1.82, 2.24) is 14.9 Å². The van der Waals surface area contributed by atoms with Crippen molar-refractivity contribution in [3.05, 3.63) is 17.8 Å². The lowest BCUT2D eigenvalue weighted by molar-refractivity contribution is -0.0829. The first-order valence-electron chi connectivity index (χ1n) is 7.73. The molecule has 2 aromatic heterocycles. The average molecular weight is 315 g/mol. The van der Waals surface area contributed by atoms with Crippen LogP contribution >= 0.6 is 11.3 Å². The Balaban J connectivity index is 1.39. The highest BCUT2D eigenvalue weighted by atomic mass is 32.1. The van der Waals surface area contributed by atoms with Gasteiger partial charge in [-0.3, -0.25) is 10.2 Å². The molecular formula is C15H17N5OS. The summed E-state index contributed by atoms with van der Waals surface area (Å²) in [7, 11) is 0. The molecule has 0 aliphatic carbocycles. The van der Waals surface area contributed by atoms with Crippen molar-refractivity contribution in [2.75, 3.05) is 31.5 Å². The van der Waals surface area contributed by atoms with Crippen LogP contribution in [0.15, 0.2) is 22.8 Å². The summed E-state index contributed by atoms with van der Waals surface area (Å²) >= 11 is 1.61. The van der Waals surface area contributed by atoms with Crippen molar-refractivity contribution in [2.45, 2.75) is 18.4 Å². The van der Waals surface area contributed by atoms with Gasteiger partial charge in [0.25, 0.3) is 6.02 Å². The van der Waals surface area contributed by atoms with Gasteiger partial charge in [0.1, 0.15) is 22.6 Å². The minimum Gasteiger partial charge on any atom is -0.455 e. The van der Waals surface area contributed by atoms with Gasteiger partial charge in [-0.2, -0.15) is 0 Å². The zero-order valence-corrected chi connectivity index (χ0v) is 13.0. The molecule has 4 aliphatic rings. The number of ether oxygens (including phenoxy) is 1. The lowest BCUT2D eigenvalue weighted by Gasteiger charge is -2.50. The molecule has 1 spiro atoms. The van der Waals surface area contributed by atoms with Gasteiger partial charge in [-0.25, -0.2) is 15.0 Å². The molecule has 2 bridgehead atoms. The maximum atomic E-state index is 6.29. The molecule has 0 aromatic carbocycles. The van der Waals surface area contributed by atoms with Crippen LogP contribution in [0.1, 0.15) is 12.8 Å². The Morgan fingerprint density at radius 3 is 3.05 bits per heavy atom. The third kappa shape index (κ3) is 1.85. The molecule has 4 aliphatic heterocycles. The predicted molar refractivity (Wildman–Crippen MR) is 86.3 cm³/mol. The second-order valence-electron chi connectivity index (χ2n) is 6.33. The van der Waals surface area contributed by atoms with Crippen LogP contribution in [0.5, 0.6) is 0 Å². The van der Waals surface area contributed by atoms with Gasteiger partial charge >= 0.3 is 0 Å². The van der Waals surface area contributed by atoms with Crippen molar-refractivity contribution in [2.24, 2.45) is 10.9 Å². The van der Waals surface area contributed by atoms with Gasteiger partial charge in [-0.05, 0) is 37.4 Å². The molecule has 6 heterocycles. The second kappa shape index (κ2) is 4.63. The fraction of sp³-hybridized carbons (Fsp3) is 0.533. The Bertz CT molecular complexity index is 751. The number of hydrogen-bond acceptors (Lipinski definition) is 7. The van der Waals surface area contributed by atoms with Gasteiger partial charge in [0.05, 0.1) is 11.9 Å². The fourth-order valence-corrected chi connectivity index (χ4v) is 4.67. The zero-order valence-electron chi connectivity index (χ0n) is 12.2. The van der Waals surface area contributed by atoms with Crippen LogP contribution in [0, 0.1) is 5.92 Å². The molecule has 3 fully saturated rings. The van der Waals surface area contributed by atoms with E-state index in [-0.39, 0.29) is 5.60 Å². The van der Waals surface area contributed by atoms with Crippen molar-refractivity contribution in [3.63, 3.8) is 0 Å². The van der Waals surface area contributed by atoms with Crippen LogP contribution in [-0.2, 0) is 4.74 Å². The number of amidine groups is 1. The summed E-state index contributed by atoms with van der Waals surface area (Å²) in [5, 5.41) is 6.31. The van der Waals surface area contributed by atoms with Gasteiger partial charge in [0, 0.05) is 12.5 Å². The maximum Gasteiger partial charge on any atom is 0.291 e. The third-order valence-corrected chi connectivity index (χ3v) is 5.92. The molecule has 6 rings (SSSR count). The highest BCUT2D eigenvalue weighted by Crippen LogP contribution is 2.41. The molecule has 0 radical (unpaired) electrons. The average Bonchev–Trinajstić information content (AvgIpc) is 3.17. The highest BCUT2D eigenvalue weighted by Gasteiger charge is 2.51. The van der Waals surface area contributed by atoms with Crippen LogP contribution in [0.4, 0.5) is 5.82 Å². The normalized spacial score (nSPS) is 33.2. The first-order valence-corrected chi connectivity index (χ1v) is 8.61. The molecule has 3 saturated heterocycles. The Hall–Kier alpha value is -1.73. The van der Waals surface area contributed by atoms with Crippen LogP contribution in [-0.4, -0.2) is 52.7 Å². The van der Waals surface area contributed by atoms with Crippen LogP contribution in [0.3, 0.4) is 0 Å². The van der Waals surface area contributed by atoms with Gasteiger partial charge in [0.15, 0.2) is 0 Å².